The molecule has 0 saturated carbocycles. The first-order valence-electron chi connectivity index (χ1n) is 6.19. The van der Waals surface area contributed by atoms with E-state index >= 15 is 0 Å². The average Bonchev–Trinajstić information content (AvgIpc) is 2.90. The van der Waals surface area contributed by atoms with Gasteiger partial charge in [-0.25, -0.2) is 4.39 Å². The van der Waals surface area contributed by atoms with E-state index in [4.69, 9.17) is 10.5 Å². The Morgan fingerprint density at radius 3 is 2.75 bits per heavy atom. The fourth-order valence-corrected chi connectivity index (χ4v) is 2.14. The number of carbonyl (C=O) groups is 1. The number of carbonyl (C=O) groups excluding carboxylic acids is 1. The summed E-state index contributed by atoms with van der Waals surface area (Å²) in [6.07, 6.45) is 0. The van der Waals surface area contributed by atoms with Crippen LogP contribution in [0, 0.1) is 5.82 Å². The van der Waals surface area contributed by atoms with Crippen LogP contribution in [-0.2, 0) is 18.0 Å². The lowest BCUT2D eigenvalue weighted by Crippen LogP contribution is -2.12. The van der Waals surface area contributed by atoms with Gasteiger partial charge in [0.25, 0.3) is 5.91 Å². The topological polar surface area (TPSA) is 64.3 Å². The molecule has 0 fully saturated rings. The van der Waals surface area contributed by atoms with Crippen molar-refractivity contribution < 1.29 is 13.9 Å². The zero-order valence-electron chi connectivity index (χ0n) is 10.7. The highest BCUT2D eigenvalue weighted by Crippen LogP contribution is 2.22. The molecule has 102 valence electrons. The SMILES string of the molecule is Nc1cc(NC(=O)c2ccc3c(c2)COC3)ccc1F. The molecule has 1 heterocycles. The zero-order valence-corrected chi connectivity index (χ0v) is 10.7. The summed E-state index contributed by atoms with van der Waals surface area (Å²) in [5.41, 5.74) is 8.60. The Hall–Kier alpha value is -2.40. The Bertz CT molecular complexity index is 686. The standard InChI is InChI=1S/C15H13FN2O2/c16-13-4-3-12(6-14(13)17)18-15(19)9-1-2-10-7-20-8-11(10)5-9/h1-6H,7-8,17H2,(H,18,19). The van der Waals surface area contributed by atoms with Gasteiger partial charge in [0.15, 0.2) is 0 Å². The number of benzene rings is 2. The van der Waals surface area contributed by atoms with E-state index in [9.17, 15) is 9.18 Å². The second-order valence-electron chi connectivity index (χ2n) is 4.67. The van der Waals surface area contributed by atoms with Gasteiger partial charge in [-0.05, 0) is 41.5 Å². The first-order chi connectivity index (χ1) is 9.63. The molecule has 0 unspecified atom stereocenters. The molecule has 2 aromatic rings. The summed E-state index contributed by atoms with van der Waals surface area (Å²) >= 11 is 0. The van der Waals surface area contributed by atoms with Gasteiger partial charge in [-0.3, -0.25) is 4.79 Å². The normalized spacial score (nSPS) is 13.1. The van der Waals surface area contributed by atoms with Gasteiger partial charge in [-0.2, -0.15) is 0 Å². The molecule has 1 aliphatic heterocycles. The van der Waals surface area contributed by atoms with Gasteiger partial charge in [-0.15, -0.1) is 0 Å². The Balaban J connectivity index is 1.80. The van der Waals surface area contributed by atoms with Crippen LogP contribution in [0.5, 0.6) is 0 Å². The Kier molecular flexibility index (Phi) is 3.12. The molecule has 1 aliphatic rings. The number of hydrogen-bond acceptors (Lipinski definition) is 3. The summed E-state index contributed by atoms with van der Waals surface area (Å²) in [6.45, 7) is 1.12. The van der Waals surface area contributed by atoms with Crippen LogP contribution in [0.1, 0.15) is 21.5 Å². The van der Waals surface area contributed by atoms with Crippen molar-refractivity contribution in [3.8, 4) is 0 Å². The van der Waals surface area contributed by atoms with E-state index in [2.05, 4.69) is 5.32 Å². The van der Waals surface area contributed by atoms with Crippen molar-refractivity contribution in [1.29, 1.82) is 0 Å². The lowest BCUT2D eigenvalue weighted by Gasteiger charge is -2.07. The molecule has 4 nitrogen and oxygen atoms in total. The molecule has 0 aliphatic carbocycles. The summed E-state index contributed by atoms with van der Waals surface area (Å²) in [5, 5.41) is 2.69. The molecule has 0 spiro atoms. The van der Waals surface area contributed by atoms with Crippen molar-refractivity contribution in [2.24, 2.45) is 0 Å². The van der Waals surface area contributed by atoms with Crippen LogP contribution >= 0.6 is 0 Å². The highest BCUT2D eigenvalue weighted by molar-refractivity contribution is 6.04. The quantitative estimate of drug-likeness (QED) is 0.826. The fraction of sp³-hybridized carbons (Fsp3) is 0.133. The molecular formula is C15H13FN2O2. The maximum Gasteiger partial charge on any atom is 0.255 e. The molecule has 0 bridgehead atoms. The molecule has 0 saturated heterocycles. The number of nitrogens with two attached hydrogens (primary N) is 1. The number of nitrogen functional groups attached to an aromatic ring is 1. The third-order valence-electron chi connectivity index (χ3n) is 3.24. The minimum absolute atomic E-state index is 0.00477. The van der Waals surface area contributed by atoms with Crippen LogP contribution in [0.4, 0.5) is 15.8 Å². The van der Waals surface area contributed by atoms with Gasteiger partial charge in [0, 0.05) is 11.3 Å². The summed E-state index contributed by atoms with van der Waals surface area (Å²) < 4.78 is 18.4. The van der Waals surface area contributed by atoms with Crippen molar-refractivity contribution in [3.05, 3.63) is 58.9 Å². The summed E-state index contributed by atoms with van der Waals surface area (Å²) in [6, 6.07) is 9.53. The maximum absolute atomic E-state index is 13.1. The number of fused-ring (bicyclic) bond motifs is 1. The lowest BCUT2D eigenvalue weighted by atomic mass is 10.1. The van der Waals surface area contributed by atoms with Gasteiger partial charge in [0.1, 0.15) is 5.82 Å². The first-order valence-corrected chi connectivity index (χ1v) is 6.19. The van der Waals surface area contributed by atoms with E-state index < -0.39 is 5.82 Å². The van der Waals surface area contributed by atoms with Gasteiger partial charge in [0.2, 0.25) is 0 Å². The lowest BCUT2D eigenvalue weighted by molar-refractivity contribution is 0.102. The van der Waals surface area contributed by atoms with Crippen molar-refractivity contribution >= 4 is 17.3 Å². The fourth-order valence-electron chi connectivity index (χ4n) is 2.14. The van der Waals surface area contributed by atoms with Gasteiger partial charge in [0.05, 0.1) is 18.9 Å². The van der Waals surface area contributed by atoms with E-state index in [1.54, 1.807) is 6.07 Å². The zero-order chi connectivity index (χ0) is 14.1. The Labute approximate surface area is 115 Å². The molecular weight excluding hydrogens is 259 g/mol. The number of amides is 1. The molecule has 0 atom stereocenters. The average molecular weight is 272 g/mol. The van der Waals surface area contributed by atoms with Crippen LogP contribution in [0.3, 0.4) is 0 Å². The third kappa shape index (κ3) is 2.35. The Morgan fingerprint density at radius 2 is 1.95 bits per heavy atom. The van der Waals surface area contributed by atoms with E-state index in [0.29, 0.717) is 24.5 Å². The highest BCUT2D eigenvalue weighted by atomic mass is 19.1. The number of anilines is 2. The van der Waals surface area contributed by atoms with Crippen molar-refractivity contribution in [1.82, 2.24) is 0 Å². The van der Waals surface area contributed by atoms with Gasteiger partial charge < -0.3 is 15.8 Å². The molecule has 3 rings (SSSR count). The van der Waals surface area contributed by atoms with E-state index in [-0.39, 0.29) is 11.6 Å². The van der Waals surface area contributed by atoms with Crippen LogP contribution in [-0.4, -0.2) is 5.91 Å². The number of rotatable bonds is 2. The van der Waals surface area contributed by atoms with Gasteiger partial charge >= 0.3 is 0 Å². The highest BCUT2D eigenvalue weighted by Gasteiger charge is 2.14. The summed E-state index contributed by atoms with van der Waals surface area (Å²) in [4.78, 5) is 12.1. The van der Waals surface area contributed by atoms with Crippen LogP contribution in [0.2, 0.25) is 0 Å². The predicted octanol–water partition coefficient (Wildman–Crippen LogP) is 2.69. The molecule has 1 amide bonds. The Morgan fingerprint density at radius 1 is 1.15 bits per heavy atom. The maximum atomic E-state index is 13.1. The minimum atomic E-state index is -0.502. The second-order valence-corrected chi connectivity index (χ2v) is 4.67. The number of nitrogens with one attached hydrogen (secondary N) is 1. The van der Waals surface area contributed by atoms with E-state index in [1.165, 1.54) is 18.2 Å². The van der Waals surface area contributed by atoms with Crippen molar-refractivity contribution in [3.63, 3.8) is 0 Å². The van der Waals surface area contributed by atoms with Crippen LogP contribution in [0.15, 0.2) is 36.4 Å². The second kappa shape index (κ2) is 4.94. The number of ether oxygens (including phenoxy) is 1. The molecule has 2 aromatic carbocycles. The molecule has 5 heteroatoms. The van der Waals surface area contributed by atoms with Crippen molar-refractivity contribution in [2.75, 3.05) is 11.1 Å². The monoisotopic (exact) mass is 272 g/mol. The number of halogens is 1. The largest absolute Gasteiger partial charge is 0.396 e. The summed E-state index contributed by atoms with van der Waals surface area (Å²) in [7, 11) is 0. The van der Waals surface area contributed by atoms with Crippen LogP contribution < -0.4 is 11.1 Å². The van der Waals surface area contributed by atoms with Crippen LogP contribution in [0.25, 0.3) is 0 Å². The first kappa shape index (κ1) is 12.6. The summed E-state index contributed by atoms with van der Waals surface area (Å²) in [5.74, 6) is -0.761. The predicted molar refractivity (Wildman–Crippen MR) is 73.7 cm³/mol. The minimum Gasteiger partial charge on any atom is -0.396 e. The molecule has 20 heavy (non-hydrogen) atoms. The van der Waals surface area contributed by atoms with E-state index in [0.717, 1.165) is 11.1 Å². The van der Waals surface area contributed by atoms with Crippen molar-refractivity contribution in [2.45, 2.75) is 13.2 Å². The third-order valence-corrected chi connectivity index (χ3v) is 3.24. The van der Waals surface area contributed by atoms with Gasteiger partial charge in [-0.1, -0.05) is 6.07 Å². The molecule has 0 radical (unpaired) electrons. The number of hydrogen-bond donors (Lipinski definition) is 2. The smallest absolute Gasteiger partial charge is 0.255 e. The molecule has 3 N–H and O–H groups in total. The van der Waals surface area contributed by atoms with E-state index in [1.807, 2.05) is 12.1 Å². The molecule has 0 aromatic heterocycles.